The van der Waals surface area contributed by atoms with Gasteiger partial charge >= 0.3 is 11.9 Å². The average Bonchev–Trinajstić information content (AvgIpc) is 3.84. The van der Waals surface area contributed by atoms with E-state index in [4.69, 9.17) is 20.9 Å². The molecule has 6 rings (SSSR count). The number of carbonyl (C=O) groups is 8. The molecule has 0 radical (unpaired) electrons. The summed E-state index contributed by atoms with van der Waals surface area (Å²) in [6, 6.07) is 24.4. The average molecular weight is 1030 g/mol. The van der Waals surface area contributed by atoms with E-state index in [0.29, 0.717) is 64.2 Å². The maximum Gasteiger partial charge on any atom is 0.326 e. The minimum atomic E-state index is -1.14. The molecule has 5 atom stereocenters. The van der Waals surface area contributed by atoms with Crippen molar-refractivity contribution in [2.75, 3.05) is 24.0 Å². The van der Waals surface area contributed by atoms with E-state index in [2.05, 4.69) is 21.3 Å². The number of nitrogens with two attached hydrogens (primary N) is 2. The van der Waals surface area contributed by atoms with Crippen molar-refractivity contribution < 1.29 is 58.0 Å². The van der Waals surface area contributed by atoms with Crippen LogP contribution < -0.4 is 42.2 Å². The lowest BCUT2D eigenvalue weighted by Gasteiger charge is -2.18. The molecule has 70 heavy (non-hydrogen) atoms. The van der Waals surface area contributed by atoms with Gasteiger partial charge in [0.25, 0.3) is 16.4 Å². The van der Waals surface area contributed by atoms with E-state index < -0.39 is 64.3 Å². The molecule has 4 aromatic carbocycles. The molecule has 6 amide bonds. The first kappa shape index (κ1) is 54.6. The molecule has 2 heterocycles. The number of hydrogen-bond donors (Lipinski definition) is 8. The van der Waals surface area contributed by atoms with Crippen molar-refractivity contribution in [3.05, 3.63) is 124 Å². The Morgan fingerprint density at radius 1 is 0.643 bits per heavy atom. The minimum absolute atomic E-state index is 0.105. The van der Waals surface area contributed by atoms with E-state index in [0.717, 1.165) is 40.2 Å². The maximum atomic E-state index is 12.2. The summed E-state index contributed by atoms with van der Waals surface area (Å²) in [5.74, 6) is -0.216. The van der Waals surface area contributed by atoms with Crippen LogP contribution in [0.2, 0.25) is 0 Å². The predicted octanol–water partition coefficient (Wildman–Crippen LogP) is 5.56. The lowest BCUT2D eigenvalue weighted by atomic mass is 10.1. The summed E-state index contributed by atoms with van der Waals surface area (Å²) >= 11 is 4.98. The third-order valence-electron chi connectivity index (χ3n) is 10.3. The molecular formula is C48H52N6O12S4. The predicted molar refractivity (Wildman–Crippen MR) is 272 cm³/mol. The lowest BCUT2D eigenvalue weighted by Crippen LogP contribution is -2.49. The van der Waals surface area contributed by atoms with Gasteiger partial charge in [-0.3, -0.25) is 39.4 Å². The Labute approximate surface area is 420 Å². The van der Waals surface area contributed by atoms with Crippen LogP contribution in [-0.4, -0.2) is 110 Å². The number of amides is 6. The van der Waals surface area contributed by atoms with Gasteiger partial charge in [-0.25, -0.2) is 9.59 Å². The molecule has 0 spiro atoms. The van der Waals surface area contributed by atoms with Crippen molar-refractivity contribution in [1.29, 1.82) is 0 Å². The van der Waals surface area contributed by atoms with Crippen molar-refractivity contribution in [3.8, 4) is 23.0 Å². The van der Waals surface area contributed by atoms with Crippen LogP contribution >= 0.6 is 47.0 Å². The van der Waals surface area contributed by atoms with Gasteiger partial charge in [-0.05, 0) is 132 Å². The fraction of sp³-hybridized carbons (Fsp3) is 0.292. The summed E-state index contributed by atoms with van der Waals surface area (Å²) in [5.41, 5.74) is 14.8. The zero-order valence-electron chi connectivity index (χ0n) is 37.9. The molecule has 2 aliphatic heterocycles. The molecule has 2 fully saturated rings. The van der Waals surface area contributed by atoms with E-state index in [9.17, 15) is 48.6 Å². The van der Waals surface area contributed by atoms with Gasteiger partial charge < -0.3 is 41.8 Å². The van der Waals surface area contributed by atoms with Gasteiger partial charge in [0.05, 0.1) is 22.2 Å². The van der Waals surface area contributed by atoms with Gasteiger partial charge in [-0.2, -0.15) is 23.5 Å². The molecule has 4 aromatic rings. The number of rotatable bonds is 23. The fourth-order valence-corrected chi connectivity index (χ4v) is 9.00. The number of carboxylic acid groups (broad SMARTS) is 2. The first-order chi connectivity index (χ1) is 33.5. The van der Waals surface area contributed by atoms with Gasteiger partial charge in [0.1, 0.15) is 35.1 Å². The summed E-state index contributed by atoms with van der Waals surface area (Å²) in [6.07, 6.45) is 7.05. The Balaban J connectivity index is 0.000000261. The number of carbonyl (C=O) groups excluding carboxylic acids is 6. The van der Waals surface area contributed by atoms with Crippen molar-refractivity contribution >= 4 is 99.2 Å². The Morgan fingerprint density at radius 3 is 1.41 bits per heavy atom. The highest BCUT2D eigenvalue weighted by atomic mass is 32.2. The van der Waals surface area contributed by atoms with Crippen molar-refractivity contribution in [2.24, 2.45) is 11.5 Å². The van der Waals surface area contributed by atoms with Crippen LogP contribution in [0.5, 0.6) is 23.0 Å². The summed E-state index contributed by atoms with van der Waals surface area (Å²) < 4.78 is 11.7. The minimum Gasteiger partial charge on any atom is -0.480 e. The molecule has 2 saturated heterocycles. The number of imide groups is 2. The van der Waals surface area contributed by atoms with Crippen LogP contribution in [0.4, 0.5) is 9.59 Å². The standard InChI is InChI=1S/C24H27N3O6S2.C24H25N3O6S2/c2*1-34-11-10-18(25)21(28)26-19(23(30)31)12-14-2-6-16(7-3-14)33-17-8-4-15(5-9-17)13-20-22(29)27-24(32)35-20/h2-9,18-20H,10-13,25H2,1H3,(H,26,28)(H,30,31)(H,27,29,32);2-9,13,18-19H,10-12,25H2,1H3,(H,26,28)(H,30,31)(H,27,29,32). The monoisotopic (exact) mass is 1030 g/mol. The largest absolute Gasteiger partial charge is 0.480 e. The highest BCUT2D eigenvalue weighted by Crippen LogP contribution is 2.29. The number of benzene rings is 4. The summed E-state index contributed by atoms with van der Waals surface area (Å²) in [6.45, 7) is 0. The number of carboxylic acids is 2. The number of aliphatic carboxylic acids is 2. The van der Waals surface area contributed by atoms with E-state index in [1.54, 1.807) is 115 Å². The Morgan fingerprint density at radius 2 is 1.06 bits per heavy atom. The van der Waals surface area contributed by atoms with E-state index in [-0.39, 0.29) is 24.0 Å². The van der Waals surface area contributed by atoms with Gasteiger partial charge in [0.15, 0.2) is 0 Å². The van der Waals surface area contributed by atoms with Gasteiger partial charge in [0, 0.05) is 12.8 Å². The Bertz CT molecular complexity index is 2530. The van der Waals surface area contributed by atoms with Crippen LogP contribution in [0.1, 0.15) is 35.1 Å². The summed E-state index contributed by atoms with van der Waals surface area (Å²) in [5, 5.41) is 27.4. The highest BCUT2D eigenvalue weighted by molar-refractivity contribution is 8.18. The fourth-order valence-electron chi connectivity index (χ4n) is 6.48. The quantitative estimate of drug-likeness (QED) is 0.0422. The maximum absolute atomic E-state index is 12.2. The number of ether oxygens (including phenoxy) is 2. The molecule has 10 N–H and O–H groups in total. The van der Waals surface area contributed by atoms with Crippen molar-refractivity contribution in [2.45, 2.75) is 61.5 Å². The Hall–Kier alpha value is -6.30. The van der Waals surface area contributed by atoms with Crippen LogP contribution in [0.15, 0.2) is 102 Å². The van der Waals surface area contributed by atoms with E-state index in [1.807, 2.05) is 24.6 Å². The topological polar surface area (TPSA) is 296 Å². The number of nitrogens with one attached hydrogen (secondary N) is 4. The zero-order chi connectivity index (χ0) is 50.7. The van der Waals surface area contributed by atoms with Gasteiger partial charge in [0.2, 0.25) is 17.7 Å². The molecule has 2 aliphatic rings. The van der Waals surface area contributed by atoms with Crippen molar-refractivity contribution in [3.63, 3.8) is 0 Å². The van der Waals surface area contributed by atoms with E-state index >= 15 is 0 Å². The molecule has 5 unspecified atom stereocenters. The number of hydrogen-bond acceptors (Lipinski definition) is 16. The van der Waals surface area contributed by atoms with Gasteiger partial charge in [-0.15, -0.1) is 0 Å². The number of thioether (sulfide) groups is 4. The first-order valence-electron chi connectivity index (χ1n) is 21.5. The molecule has 370 valence electrons. The highest BCUT2D eigenvalue weighted by Gasteiger charge is 2.32. The molecular weight excluding hydrogens is 981 g/mol. The first-order valence-corrected chi connectivity index (χ1v) is 26.0. The molecule has 22 heteroatoms. The summed E-state index contributed by atoms with van der Waals surface area (Å²) in [4.78, 5) is 93.9. The second-order valence-electron chi connectivity index (χ2n) is 15.6. The lowest BCUT2D eigenvalue weighted by molar-refractivity contribution is -0.142. The van der Waals surface area contributed by atoms with Crippen LogP contribution in [0.25, 0.3) is 6.08 Å². The molecule has 18 nitrogen and oxygen atoms in total. The second kappa shape index (κ2) is 27.2. The normalized spacial score (nSPS) is 16.5. The SMILES string of the molecule is CSCCC(N)C(=O)NC(Cc1ccc(Oc2ccc(C=C3SC(=O)NC3=O)cc2)cc1)C(=O)O.CSCCC(N)C(=O)NC(Cc1ccc(Oc2ccc(CC3SC(=O)NC3=O)cc2)cc1)C(=O)O. The second-order valence-corrected chi connectivity index (χ2v) is 19.8. The molecule has 0 saturated carbocycles. The van der Waals surface area contributed by atoms with Crippen LogP contribution in [0.3, 0.4) is 0 Å². The molecule has 0 aromatic heterocycles. The van der Waals surface area contributed by atoms with Crippen molar-refractivity contribution in [1.82, 2.24) is 21.3 Å². The summed E-state index contributed by atoms with van der Waals surface area (Å²) in [7, 11) is 0. The zero-order valence-corrected chi connectivity index (χ0v) is 41.2. The Kier molecular flexibility index (Phi) is 21.2. The molecule has 0 aliphatic carbocycles. The van der Waals surface area contributed by atoms with E-state index in [1.165, 1.54) is 0 Å². The smallest absolute Gasteiger partial charge is 0.326 e. The third kappa shape index (κ3) is 17.6. The van der Waals surface area contributed by atoms with Gasteiger partial charge in [-0.1, -0.05) is 60.3 Å². The van der Waals surface area contributed by atoms with Crippen LogP contribution in [-0.2, 0) is 48.0 Å². The molecule has 0 bridgehead atoms. The van der Waals surface area contributed by atoms with Crippen LogP contribution in [0, 0.1) is 0 Å². The third-order valence-corrected chi connectivity index (χ3v) is 13.4.